The van der Waals surface area contributed by atoms with Gasteiger partial charge < -0.3 is 20.8 Å². The number of para-hydroxylation sites is 1. The Bertz CT molecular complexity index is 1040. The lowest BCUT2D eigenvalue weighted by Gasteiger charge is -2.22. The molecule has 0 radical (unpaired) electrons. The van der Waals surface area contributed by atoms with Crippen molar-refractivity contribution in [2.45, 2.75) is 39.2 Å². The average molecular weight is 453 g/mol. The third-order valence-electron chi connectivity index (χ3n) is 5.49. The predicted molar refractivity (Wildman–Crippen MR) is 123 cm³/mol. The van der Waals surface area contributed by atoms with Crippen LogP contribution in [-0.2, 0) is 9.59 Å². The van der Waals surface area contributed by atoms with Crippen LogP contribution in [0.2, 0.25) is 0 Å². The van der Waals surface area contributed by atoms with Gasteiger partial charge in [0.15, 0.2) is 0 Å². The summed E-state index contributed by atoms with van der Waals surface area (Å²) >= 11 is 0. The molecule has 9 nitrogen and oxygen atoms in total. The number of benzene rings is 2. The third-order valence-corrected chi connectivity index (χ3v) is 5.49. The Morgan fingerprint density at radius 3 is 2.00 bits per heavy atom. The third kappa shape index (κ3) is 6.63. The highest BCUT2D eigenvalue weighted by Crippen LogP contribution is 2.27. The fourth-order valence-electron chi connectivity index (χ4n) is 3.62. The Hall–Kier alpha value is -3.72. The van der Waals surface area contributed by atoms with Gasteiger partial charge in [-0.3, -0.25) is 14.5 Å². The normalized spacial score (nSPS) is 12.9. The first-order valence-electron chi connectivity index (χ1n) is 10.7. The number of aryl methyl sites for hydroxylation is 2. The van der Waals surface area contributed by atoms with Gasteiger partial charge in [0.05, 0.1) is 17.7 Å². The summed E-state index contributed by atoms with van der Waals surface area (Å²) in [6, 6.07) is 9.49. The summed E-state index contributed by atoms with van der Waals surface area (Å²) in [5.41, 5.74) is 2.39. The maximum Gasteiger partial charge on any atom is 0.335 e. The first kappa shape index (κ1) is 23.9. The number of carbonyl (C=O) groups excluding carboxylic acids is 2. The molecule has 2 aromatic carbocycles. The van der Waals surface area contributed by atoms with Crippen molar-refractivity contribution in [2.75, 3.05) is 23.7 Å². The molecule has 1 aliphatic rings. The van der Waals surface area contributed by atoms with Gasteiger partial charge in [-0.2, -0.15) is 0 Å². The van der Waals surface area contributed by atoms with Crippen LogP contribution in [0.3, 0.4) is 0 Å². The minimum Gasteiger partial charge on any atom is -0.478 e. The number of carboxylic acids is 2. The predicted octanol–water partition coefficient (Wildman–Crippen LogP) is 3.13. The molecule has 0 saturated heterocycles. The lowest BCUT2D eigenvalue weighted by Crippen LogP contribution is -2.37. The van der Waals surface area contributed by atoms with E-state index in [9.17, 15) is 19.2 Å². The molecular weight excluding hydrogens is 426 g/mol. The number of carboxylic acid groups (broad SMARTS) is 2. The molecule has 0 aliphatic heterocycles. The molecule has 0 aromatic heterocycles. The van der Waals surface area contributed by atoms with Crippen LogP contribution in [0.4, 0.5) is 11.4 Å². The van der Waals surface area contributed by atoms with Crippen molar-refractivity contribution in [1.29, 1.82) is 0 Å². The van der Waals surface area contributed by atoms with Crippen LogP contribution in [0.15, 0.2) is 36.4 Å². The summed E-state index contributed by atoms with van der Waals surface area (Å²) in [6.45, 7) is 4.37. The Balaban J connectivity index is 1.59. The number of rotatable bonds is 10. The maximum absolute atomic E-state index is 12.6. The zero-order valence-electron chi connectivity index (χ0n) is 18.6. The molecule has 0 bridgehead atoms. The minimum atomic E-state index is -1.29. The number of aromatic carboxylic acids is 2. The second kappa shape index (κ2) is 10.3. The standard InChI is InChI=1S/C24H27N3O6/c1-14-4-3-5-15(2)22(14)26-21(29)13-27(19-6-7-19)9-8-20(28)25-18-11-16(23(30)31)10-17(12-18)24(32)33/h3-5,10-12,19H,6-9,13H2,1-2H3,(H,25,28)(H,26,29)(H,30,31)(H,32,33). The van der Waals surface area contributed by atoms with Crippen molar-refractivity contribution in [3.8, 4) is 0 Å². The van der Waals surface area contributed by atoms with E-state index in [2.05, 4.69) is 10.6 Å². The van der Waals surface area contributed by atoms with Gasteiger partial charge >= 0.3 is 11.9 Å². The summed E-state index contributed by atoms with van der Waals surface area (Å²) in [6.07, 6.45) is 1.99. The van der Waals surface area contributed by atoms with Crippen molar-refractivity contribution in [3.05, 3.63) is 58.7 Å². The fraction of sp³-hybridized carbons (Fsp3) is 0.333. The Morgan fingerprint density at radius 2 is 1.48 bits per heavy atom. The van der Waals surface area contributed by atoms with Crippen molar-refractivity contribution in [2.24, 2.45) is 0 Å². The maximum atomic E-state index is 12.6. The van der Waals surface area contributed by atoms with E-state index in [1.54, 1.807) is 0 Å². The Kier molecular flexibility index (Phi) is 7.44. The molecule has 0 spiro atoms. The number of carbonyl (C=O) groups is 4. The molecule has 174 valence electrons. The summed E-state index contributed by atoms with van der Waals surface area (Å²) in [5.74, 6) is -3.12. The molecule has 2 amide bonds. The highest BCUT2D eigenvalue weighted by Gasteiger charge is 2.30. The topological polar surface area (TPSA) is 136 Å². The molecule has 33 heavy (non-hydrogen) atoms. The molecule has 0 unspecified atom stereocenters. The van der Waals surface area contributed by atoms with E-state index in [4.69, 9.17) is 10.2 Å². The van der Waals surface area contributed by atoms with E-state index in [1.165, 1.54) is 12.1 Å². The minimum absolute atomic E-state index is 0.0763. The van der Waals surface area contributed by atoms with Crippen molar-refractivity contribution in [3.63, 3.8) is 0 Å². The Morgan fingerprint density at radius 1 is 0.909 bits per heavy atom. The number of nitrogens with zero attached hydrogens (tertiary/aromatic N) is 1. The van der Waals surface area contributed by atoms with Crippen LogP contribution < -0.4 is 10.6 Å². The van der Waals surface area contributed by atoms with Gasteiger partial charge in [0, 0.05) is 30.4 Å². The van der Waals surface area contributed by atoms with Crippen LogP contribution in [-0.4, -0.2) is 58.0 Å². The van der Waals surface area contributed by atoms with Crippen molar-refractivity contribution >= 4 is 35.1 Å². The van der Waals surface area contributed by atoms with Gasteiger partial charge in [0.1, 0.15) is 0 Å². The zero-order chi connectivity index (χ0) is 24.1. The highest BCUT2D eigenvalue weighted by atomic mass is 16.4. The molecule has 3 rings (SSSR count). The highest BCUT2D eigenvalue weighted by molar-refractivity contribution is 5.98. The zero-order valence-corrected chi connectivity index (χ0v) is 18.6. The van der Waals surface area contributed by atoms with Gasteiger partial charge in [-0.05, 0) is 56.0 Å². The molecule has 9 heteroatoms. The van der Waals surface area contributed by atoms with Crippen LogP contribution in [0, 0.1) is 13.8 Å². The van der Waals surface area contributed by atoms with E-state index in [0.717, 1.165) is 35.7 Å². The van der Waals surface area contributed by atoms with Gasteiger partial charge in [0.25, 0.3) is 0 Å². The van der Waals surface area contributed by atoms with E-state index in [0.29, 0.717) is 6.54 Å². The van der Waals surface area contributed by atoms with Gasteiger partial charge in [-0.1, -0.05) is 18.2 Å². The van der Waals surface area contributed by atoms with E-state index in [-0.39, 0.29) is 41.7 Å². The van der Waals surface area contributed by atoms with E-state index in [1.807, 2.05) is 36.9 Å². The summed E-state index contributed by atoms with van der Waals surface area (Å²) in [7, 11) is 0. The second-order valence-corrected chi connectivity index (χ2v) is 8.22. The van der Waals surface area contributed by atoms with Gasteiger partial charge in [-0.15, -0.1) is 0 Å². The van der Waals surface area contributed by atoms with Crippen LogP contribution in [0.25, 0.3) is 0 Å². The van der Waals surface area contributed by atoms with Gasteiger partial charge in [0.2, 0.25) is 11.8 Å². The van der Waals surface area contributed by atoms with E-state index < -0.39 is 17.8 Å². The monoisotopic (exact) mass is 453 g/mol. The average Bonchev–Trinajstić information content (AvgIpc) is 3.59. The van der Waals surface area contributed by atoms with Crippen LogP contribution in [0.1, 0.15) is 51.1 Å². The second-order valence-electron chi connectivity index (χ2n) is 8.22. The molecular formula is C24H27N3O6. The Labute approximate surface area is 191 Å². The molecule has 1 aliphatic carbocycles. The molecule has 2 aromatic rings. The van der Waals surface area contributed by atoms with Crippen LogP contribution >= 0.6 is 0 Å². The molecule has 0 heterocycles. The fourth-order valence-corrected chi connectivity index (χ4v) is 3.62. The lowest BCUT2D eigenvalue weighted by atomic mass is 10.1. The molecule has 0 atom stereocenters. The lowest BCUT2D eigenvalue weighted by molar-refractivity contribution is -0.119. The van der Waals surface area contributed by atoms with Crippen molar-refractivity contribution in [1.82, 2.24) is 4.90 Å². The smallest absolute Gasteiger partial charge is 0.335 e. The van der Waals surface area contributed by atoms with Gasteiger partial charge in [-0.25, -0.2) is 9.59 Å². The first-order valence-corrected chi connectivity index (χ1v) is 10.7. The van der Waals surface area contributed by atoms with Crippen LogP contribution in [0.5, 0.6) is 0 Å². The number of hydrogen-bond donors (Lipinski definition) is 4. The summed E-state index contributed by atoms with van der Waals surface area (Å²) in [4.78, 5) is 49.5. The molecule has 4 N–H and O–H groups in total. The van der Waals surface area contributed by atoms with E-state index >= 15 is 0 Å². The largest absolute Gasteiger partial charge is 0.478 e. The number of anilines is 2. The van der Waals surface area contributed by atoms with Crippen molar-refractivity contribution < 1.29 is 29.4 Å². The first-order chi connectivity index (χ1) is 15.6. The molecule has 1 fully saturated rings. The molecule has 1 saturated carbocycles. The number of amides is 2. The number of nitrogens with one attached hydrogen (secondary N) is 2. The number of hydrogen-bond acceptors (Lipinski definition) is 5. The summed E-state index contributed by atoms with van der Waals surface area (Å²) < 4.78 is 0. The summed E-state index contributed by atoms with van der Waals surface area (Å²) in [5, 5.41) is 23.9. The quantitative estimate of drug-likeness (QED) is 0.434. The SMILES string of the molecule is Cc1cccc(C)c1NC(=O)CN(CCC(=O)Nc1cc(C(=O)O)cc(C(=O)O)c1)C1CC1.